The Balaban J connectivity index is 2.01. The smallest absolute Gasteiger partial charge is 0.333 e. The van der Waals surface area contributed by atoms with E-state index >= 15 is 0 Å². The molecule has 0 amide bonds. The van der Waals surface area contributed by atoms with E-state index < -0.39 is 12.1 Å². The molecule has 0 fully saturated rings. The number of aliphatic hydroxyl groups excluding tert-OH is 1. The minimum absolute atomic E-state index is 0.0236. The molecule has 140 valence electrons. The third kappa shape index (κ3) is 3.88. The number of aliphatic hydroxyl groups is 1. The van der Waals surface area contributed by atoms with E-state index in [1.807, 2.05) is 42.5 Å². The van der Waals surface area contributed by atoms with E-state index in [9.17, 15) is 9.90 Å². The fourth-order valence-electron chi connectivity index (χ4n) is 2.91. The number of ether oxygens (including phenoxy) is 3. The van der Waals surface area contributed by atoms with Gasteiger partial charge in [-0.25, -0.2) is 4.79 Å². The Hall–Kier alpha value is -3.05. The molecule has 0 saturated heterocycles. The van der Waals surface area contributed by atoms with Gasteiger partial charge in [-0.05, 0) is 24.4 Å². The molecule has 0 saturated carbocycles. The van der Waals surface area contributed by atoms with Gasteiger partial charge in [0.1, 0.15) is 18.1 Å². The number of carbonyl (C=O) groups is 1. The number of esters is 1. The molecule has 1 atom stereocenters. The summed E-state index contributed by atoms with van der Waals surface area (Å²) in [7, 11) is 1.63. The minimum atomic E-state index is -0.783. The molecular formula is C22H22O5. The maximum absolute atomic E-state index is 11.7. The number of benzene rings is 3. The van der Waals surface area contributed by atoms with Crippen LogP contribution in [0, 0.1) is 0 Å². The summed E-state index contributed by atoms with van der Waals surface area (Å²) >= 11 is 0. The van der Waals surface area contributed by atoms with Gasteiger partial charge >= 0.3 is 5.97 Å². The average molecular weight is 366 g/mol. The summed E-state index contributed by atoms with van der Waals surface area (Å²) < 4.78 is 16.7. The standard InChI is InChI=1S/C22H22O5/c1-14(2)22(24)27-16(12-23)13-26-21-17-8-5-4-7-15(17)11-19-18(21)9-6-10-20(19)25-3/h4-11,16,23H,1,12-13H2,2-3H3. The van der Waals surface area contributed by atoms with Crippen molar-refractivity contribution < 1.29 is 24.1 Å². The lowest BCUT2D eigenvalue weighted by molar-refractivity contribution is -0.147. The van der Waals surface area contributed by atoms with E-state index in [1.54, 1.807) is 14.0 Å². The lowest BCUT2D eigenvalue weighted by Crippen LogP contribution is -2.28. The summed E-state index contributed by atoms with van der Waals surface area (Å²) in [6.45, 7) is 4.79. The van der Waals surface area contributed by atoms with Gasteiger partial charge in [-0.15, -0.1) is 0 Å². The summed E-state index contributed by atoms with van der Waals surface area (Å²) in [4.78, 5) is 11.7. The van der Waals surface area contributed by atoms with E-state index in [1.165, 1.54) is 0 Å². The van der Waals surface area contributed by atoms with E-state index in [4.69, 9.17) is 14.2 Å². The lowest BCUT2D eigenvalue weighted by Gasteiger charge is -2.19. The van der Waals surface area contributed by atoms with Crippen molar-refractivity contribution in [1.29, 1.82) is 0 Å². The zero-order chi connectivity index (χ0) is 19.4. The van der Waals surface area contributed by atoms with Crippen molar-refractivity contribution in [1.82, 2.24) is 0 Å². The molecule has 3 aromatic rings. The molecule has 0 bridgehead atoms. The van der Waals surface area contributed by atoms with Crippen LogP contribution in [0.15, 0.2) is 60.7 Å². The molecule has 3 aromatic carbocycles. The summed E-state index contributed by atoms with van der Waals surface area (Å²) in [6.07, 6.45) is -0.783. The Morgan fingerprint density at radius 2 is 1.85 bits per heavy atom. The first kappa shape index (κ1) is 18.7. The molecule has 0 aliphatic rings. The third-order valence-corrected chi connectivity index (χ3v) is 4.28. The molecule has 3 rings (SSSR count). The van der Waals surface area contributed by atoms with Gasteiger partial charge in [0.2, 0.25) is 0 Å². The summed E-state index contributed by atoms with van der Waals surface area (Å²) in [5.74, 6) is 0.851. The molecule has 0 aliphatic heterocycles. The highest BCUT2D eigenvalue weighted by molar-refractivity contribution is 6.07. The van der Waals surface area contributed by atoms with Crippen molar-refractivity contribution in [2.24, 2.45) is 0 Å². The van der Waals surface area contributed by atoms with Gasteiger partial charge in [0.25, 0.3) is 0 Å². The van der Waals surface area contributed by atoms with Crippen LogP contribution in [0.5, 0.6) is 11.5 Å². The molecule has 0 aliphatic carbocycles. The number of carbonyl (C=O) groups excluding carboxylic acids is 1. The quantitative estimate of drug-likeness (QED) is 0.391. The Labute approximate surface area is 157 Å². The highest BCUT2D eigenvalue weighted by Crippen LogP contribution is 2.38. The number of fused-ring (bicyclic) bond motifs is 2. The SMILES string of the molecule is C=C(C)C(=O)OC(CO)COc1c2ccccc2cc2c(OC)cccc12. The first-order valence-electron chi connectivity index (χ1n) is 8.63. The summed E-state index contributed by atoms with van der Waals surface area (Å²) in [5, 5.41) is 13.3. The van der Waals surface area contributed by atoms with Crippen LogP contribution in [0.4, 0.5) is 0 Å². The second-order valence-corrected chi connectivity index (χ2v) is 6.28. The van der Waals surface area contributed by atoms with Crippen LogP contribution in [-0.4, -0.2) is 37.5 Å². The predicted molar refractivity (Wildman–Crippen MR) is 105 cm³/mol. The first-order chi connectivity index (χ1) is 13.0. The molecule has 27 heavy (non-hydrogen) atoms. The lowest BCUT2D eigenvalue weighted by atomic mass is 10.0. The van der Waals surface area contributed by atoms with Crippen molar-refractivity contribution in [3.63, 3.8) is 0 Å². The Morgan fingerprint density at radius 1 is 1.11 bits per heavy atom. The fraction of sp³-hybridized carbons (Fsp3) is 0.227. The van der Waals surface area contributed by atoms with Crippen molar-refractivity contribution in [3.05, 3.63) is 60.7 Å². The Kier molecular flexibility index (Phi) is 5.62. The van der Waals surface area contributed by atoms with Gasteiger partial charge in [0.05, 0.1) is 13.7 Å². The number of methoxy groups -OCH3 is 1. The van der Waals surface area contributed by atoms with E-state index in [0.717, 1.165) is 27.3 Å². The van der Waals surface area contributed by atoms with E-state index in [2.05, 4.69) is 12.6 Å². The molecule has 5 heteroatoms. The van der Waals surface area contributed by atoms with E-state index in [-0.39, 0.29) is 18.8 Å². The second kappa shape index (κ2) is 8.10. The van der Waals surface area contributed by atoms with Crippen LogP contribution in [0.2, 0.25) is 0 Å². The van der Waals surface area contributed by atoms with Crippen molar-refractivity contribution in [2.45, 2.75) is 13.0 Å². The van der Waals surface area contributed by atoms with Crippen LogP contribution in [-0.2, 0) is 9.53 Å². The number of rotatable bonds is 7. The second-order valence-electron chi connectivity index (χ2n) is 6.28. The highest BCUT2D eigenvalue weighted by Gasteiger charge is 2.17. The van der Waals surface area contributed by atoms with Crippen molar-refractivity contribution >= 4 is 27.5 Å². The molecule has 1 N–H and O–H groups in total. The maximum atomic E-state index is 11.7. The van der Waals surface area contributed by atoms with Gasteiger partial charge < -0.3 is 19.3 Å². The van der Waals surface area contributed by atoms with Crippen LogP contribution >= 0.6 is 0 Å². The zero-order valence-electron chi connectivity index (χ0n) is 15.4. The van der Waals surface area contributed by atoms with Gasteiger partial charge in [-0.1, -0.05) is 43.0 Å². The Bertz CT molecular complexity index is 993. The molecule has 0 radical (unpaired) electrons. The van der Waals surface area contributed by atoms with Gasteiger partial charge in [0, 0.05) is 21.7 Å². The van der Waals surface area contributed by atoms with Gasteiger partial charge in [-0.2, -0.15) is 0 Å². The molecule has 1 unspecified atom stereocenters. The first-order valence-corrected chi connectivity index (χ1v) is 8.63. The zero-order valence-corrected chi connectivity index (χ0v) is 15.4. The van der Waals surface area contributed by atoms with Crippen molar-refractivity contribution in [2.75, 3.05) is 20.3 Å². The molecule has 0 aromatic heterocycles. The summed E-state index contributed by atoms with van der Waals surface area (Å²) in [6, 6.07) is 15.7. The van der Waals surface area contributed by atoms with Crippen molar-refractivity contribution in [3.8, 4) is 11.5 Å². The number of hydrogen-bond acceptors (Lipinski definition) is 5. The monoisotopic (exact) mass is 366 g/mol. The molecular weight excluding hydrogens is 344 g/mol. The van der Waals surface area contributed by atoms with Gasteiger partial charge in [0.15, 0.2) is 6.10 Å². The maximum Gasteiger partial charge on any atom is 0.333 e. The highest BCUT2D eigenvalue weighted by atomic mass is 16.6. The molecule has 5 nitrogen and oxygen atoms in total. The Morgan fingerprint density at radius 3 is 2.56 bits per heavy atom. The molecule has 0 heterocycles. The average Bonchev–Trinajstić information content (AvgIpc) is 2.69. The van der Waals surface area contributed by atoms with Gasteiger partial charge in [-0.3, -0.25) is 0 Å². The summed E-state index contributed by atoms with van der Waals surface area (Å²) in [5.41, 5.74) is 0.272. The normalized spacial score (nSPS) is 12.0. The third-order valence-electron chi connectivity index (χ3n) is 4.28. The minimum Gasteiger partial charge on any atom is -0.496 e. The van der Waals surface area contributed by atoms with E-state index in [0.29, 0.717) is 5.75 Å². The van der Waals surface area contributed by atoms with Crippen LogP contribution < -0.4 is 9.47 Å². The van der Waals surface area contributed by atoms with Crippen LogP contribution in [0.3, 0.4) is 0 Å². The number of hydrogen-bond donors (Lipinski definition) is 1. The molecule has 0 spiro atoms. The largest absolute Gasteiger partial charge is 0.496 e. The fourth-order valence-corrected chi connectivity index (χ4v) is 2.91. The predicted octanol–water partition coefficient (Wildman–Crippen LogP) is 3.86. The van der Waals surface area contributed by atoms with Crippen LogP contribution in [0.25, 0.3) is 21.5 Å². The topological polar surface area (TPSA) is 65.0 Å². The van der Waals surface area contributed by atoms with Crippen LogP contribution in [0.1, 0.15) is 6.92 Å².